The third kappa shape index (κ3) is 5.78. The highest BCUT2D eigenvalue weighted by Gasteiger charge is 2.14. The first kappa shape index (κ1) is 21.3. The third-order valence-electron chi connectivity index (χ3n) is 4.89. The number of rotatable bonds is 8. The molecule has 0 fully saturated rings. The zero-order chi connectivity index (χ0) is 21.3. The van der Waals surface area contributed by atoms with Crippen LogP contribution in [-0.2, 0) is 13.1 Å². The second-order valence-corrected chi connectivity index (χ2v) is 7.20. The second kappa shape index (κ2) is 10.4. The summed E-state index contributed by atoms with van der Waals surface area (Å²) in [5.74, 6) is -0.473. The van der Waals surface area contributed by atoms with Crippen molar-refractivity contribution in [1.29, 1.82) is 0 Å². The van der Waals surface area contributed by atoms with E-state index >= 15 is 0 Å². The summed E-state index contributed by atoms with van der Waals surface area (Å²) in [5.41, 5.74) is 3.71. The van der Waals surface area contributed by atoms with Gasteiger partial charge >= 0.3 is 0 Å². The van der Waals surface area contributed by atoms with E-state index in [1.165, 1.54) is 5.56 Å². The molecule has 2 amide bonds. The summed E-state index contributed by atoms with van der Waals surface area (Å²) in [4.78, 5) is 27.5. The fourth-order valence-corrected chi connectivity index (χ4v) is 3.11. The van der Waals surface area contributed by atoms with Crippen LogP contribution in [0.3, 0.4) is 0 Å². The van der Waals surface area contributed by atoms with Gasteiger partial charge in [-0.2, -0.15) is 0 Å². The molecule has 0 heterocycles. The highest BCUT2D eigenvalue weighted by Crippen LogP contribution is 2.17. The van der Waals surface area contributed by atoms with Gasteiger partial charge in [-0.25, -0.2) is 0 Å². The lowest BCUT2D eigenvalue weighted by Gasteiger charge is -2.15. The van der Waals surface area contributed by atoms with Gasteiger partial charge in [0.2, 0.25) is 0 Å². The van der Waals surface area contributed by atoms with Crippen molar-refractivity contribution in [2.45, 2.75) is 20.0 Å². The van der Waals surface area contributed by atoms with Crippen molar-refractivity contribution in [3.05, 3.63) is 101 Å². The zero-order valence-electron chi connectivity index (χ0n) is 17.4. The van der Waals surface area contributed by atoms with Gasteiger partial charge in [0.15, 0.2) is 0 Å². The van der Waals surface area contributed by atoms with Gasteiger partial charge in [-0.05, 0) is 49.0 Å². The molecule has 30 heavy (non-hydrogen) atoms. The molecule has 0 spiro atoms. The minimum atomic E-state index is -0.247. The molecule has 0 aliphatic heterocycles. The lowest BCUT2D eigenvalue weighted by atomic mass is 10.1. The number of hydrogen-bond donors (Lipinski definition) is 2. The van der Waals surface area contributed by atoms with E-state index in [2.05, 4.69) is 41.6 Å². The molecule has 0 bridgehead atoms. The van der Waals surface area contributed by atoms with E-state index in [-0.39, 0.29) is 11.8 Å². The van der Waals surface area contributed by atoms with E-state index in [9.17, 15) is 9.59 Å². The predicted octanol–water partition coefficient (Wildman–Crippen LogP) is 4.32. The Morgan fingerprint density at radius 1 is 0.833 bits per heavy atom. The van der Waals surface area contributed by atoms with Crippen molar-refractivity contribution in [1.82, 2.24) is 10.2 Å². The number of nitrogens with one attached hydrogen (secondary N) is 2. The van der Waals surface area contributed by atoms with Crippen LogP contribution in [0.2, 0.25) is 0 Å². The molecule has 3 rings (SSSR count). The van der Waals surface area contributed by atoms with Crippen molar-refractivity contribution < 1.29 is 9.59 Å². The summed E-state index contributed by atoms with van der Waals surface area (Å²) in [6.45, 7) is 4.39. The van der Waals surface area contributed by atoms with Gasteiger partial charge in [-0.1, -0.05) is 61.5 Å². The third-order valence-corrected chi connectivity index (χ3v) is 4.89. The average molecular weight is 402 g/mol. The van der Waals surface area contributed by atoms with Gasteiger partial charge in [0, 0.05) is 18.7 Å². The van der Waals surface area contributed by atoms with Crippen molar-refractivity contribution in [2.75, 3.05) is 18.9 Å². The molecule has 0 atom stereocenters. The summed E-state index contributed by atoms with van der Waals surface area (Å²) in [5, 5.41) is 5.80. The van der Waals surface area contributed by atoms with Crippen molar-refractivity contribution >= 4 is 17.5 Å². The van der Waals surface area contributed by atoms with Gasteiger partial charge < -0.3 is 15.5 Å². The predicted molar refractivity (Wildman–Crippen MR) is 120 cm³/mol. The molecule has 154 valence electrons. The van der Waals surface area contributed by atoms with Crippen molar-refractivity contribution in [3.63, 3.8) is 0 Å². The van der Waals surface area contributed by atoms with Crippen LogP contribution >= 0.6 is 0 Å². The van der Waals surface area contributed by atoms with Crippen LogP contribution in [0, 0.1) is 0 Å². The highest BCUT2D eigenvalue weighted by molar-refractivity contribution is 6.08. The monoisotopic (exact) mass is 401 g/mol. The molecule has 0 radical (unpaired) electrons. The normalized spacial score (nSPS) is 10.6. The first-order valence-corrected chi connectivity index (χ1v) is 10.1. The Kier molecular flexibility index (Phi) is 7.35. The van der Waals surface area contributed by atoms with E-state index in [1.54, 1.807) is 48.5 Å². The fraction of sp³-hybridized carbons (Fsp3) is 0.200. The number of carbonyl (C=O) groups excluding carboxylic acids is 2. The molecular weight excluding hydrogens is 374 g/mol. The molecule has 0 saturated heterocycles. The van der Waals surface area contributed by atoms with Crippen LogP contribution < -0.4 is 10.6 Å². The Bertz CT molecular complexity index is 1000. The quantitative estimate of drug-likeness (QED) is 0.591. The van der Waals surface area contributed by atoms with E-state index in [0.29, 0.717) is 23.4 Å². The zero-order valence-corrected chi connectivity index (χ0v) is 17.4. The maximum absolute atomic E-state index is 12.8. The smallest absolute Gasteiger partial charge is 0.255 e. The summed E-state index contributed by atoms with van der Waals surface area (Å²) >= 11 is 0. The SMILES string of the molecule is CCN(C)Cc1cccc(CNC(=O)c2ccccc2NC(=O)c2ccccc2)c1. The van der Waals surface area contributed by atoms with Crippen LogP contribution in [0.1, 0.15) is 38.8 Å². The summed E-state index contributed by atoms with van der Waals surface area (Å²) in [6, 6.07) is 24.2. The topological polar surface area (TPSA) is 61.4 Å². The summed E-state index contributed by atoms with van der Waals surface area (Å²) in [6.07, 6.45) is 0. The lowest BCUT2D eigenvalue weighted by Crippen LogP contribution is -2.25. The summed E-state index contributed by atoms with van der Waals surface area (Å²) < 4.78 is 0. The highest BCUT2D eigenvalue weighted by atomic mass is 16.2. The molecule has 0 aliphatic carbocycles. The number of anilines is 1. The number of carbonyl (C=O) groups is 2. The number of nitrogens with zero attached hydrogens (tertiary/aromatic N) is 1. The number of para-hydroxylation sites is 1. The molecule has 5 heteroatoms. The van der Waals surface area contributed by atoms with E-state index in [1.807, 2.05) is 18.2 Å². The Labute approximate surface area is 177 Å². The van der Waals surface area contributed by atoms with Crippen molar-refractivity contribution in [2.24, 2.45) is 0 Å². The number of benzene rings is 3. The van der Waals surface area contributed by atoms with E-state index in [0.717, 1.165) is 18.7 Å². The van der Waals surface area contributed by atoms with Gasteiger partial charge in [0.25, 0.3) is 11.8 Å². The van der Waals surface area contributed by atoms with E-state index in [4.69, 9.17) is 0 Å². The van der Waals surface area contributed by atoms with Gasteiger partial charge in [-0.15, -0.1) is 0 Å². The second-order valence-electron chi connectivity index (χ2n) is 7.20. The average Bonchev–Trinajstić information content (AvgIpc) is 2.78. The maximum atomic E-state index is 12.8. The molecule has 5 nitrogen and oxygen atoms in total. The fourth-order valence-electron chi connectivity index (χ4n) is 3.11. The standard InChI is InChI=1S/C25H27N3O2/c1-3-28(2)18-20-11-9-10-19(16-20)17-26-25(30)22-14-7-8-15-23(22)27-24(29)21-12-5-4-6-13-21/h4-16H,3,17-18H2,1-2H3,(H,26,30)(H,27,29). The van der Waals surface area contributed by atoms with Gasteiger partial charge in [0.05, 0.1) is 11.3 Å². The molecule has 3 aromatic carbocycles. The molecular formula is C25H27N3O2. The molecule has 0 unspecified atom stereocenters. The first-order chi connectivity index (χ1) is 14.6. The van der Waals surface area contributed by atoms with Gasteiger partial charge in [0.1, 0.15) is 0 Å². The van der Waals surface area contributed by atoms with Crippen LogP contribution in [0.4, 0.5) is 5.69 Å². The molecule has 3 aromatic rings. The van der Waals surface area contributed by atoms with Crippen molar-refractivity contribution in [3.8, 4) is 0 Å². The Balaban J connectivity index is 1.66. The number of amides is 2. The summed E-state index contributed by atoms with van der Waals surface area (Å²) in [7, 11) is 2.08. The molecule has 2 N–H and O–H groups in total. The molecule has 0 saturated carbocycles. The lowest BCUT2D eigenvalue weighted by molar-refractivity contribution is 0.0951. The van der Waals surface area contributed by atoms with Crippen LogP contribution in [0.5, 0.6) is 0 Å². The van der Waals surface area contributed by atoms with Crippen LogP contribution in [-0.4, -0.2) is 30.3 Å². The maximum Gasteiger partial charge on any atom is 0.255 e. The minimum absolute atomic E-state index is 0.227. The number of hydrogen-bond acceptors (Lipinski definition) is 3. The largest absolute Gasteiger partial charge is 0.348 e. The molecule has 0 aromatic heterocycles. The Morgan fingerprint density at radius 2 is 1.53 bits per heavy atom. The van der Waals surface area contributed by atoms with Gasteiger partial charge in [-0.3, -0.25) is 9.59 Å². The van der Waals surface area contributed by atoms with E-state index < -0.39 is 0 Å². The Hall–Kier alpha value is -3.44. The minimum Gasteiger partial charge on any atom is -0.348 e. The van der Waals surface area contributed by atoms with Crippen LogP contribution in [0.15, 0.2) is 78.9 Å². The molecule has 0 aliphatic rings. The Morgan fingerprint density at radius 3 is 2.30 bits per heavy atom. The first-order valence-electron chi connectivity index (χ1n) is 10.1. The van der Waals surface area contributed by atoms with Crippen LogP contribution in [0.25, 0.3) is 0 Å².